The number of hydrogen-bond acceptors (Lipinski definition) is 2. The number of aliphatic hydroxyl groups excluding tert-OH is 1. The lowest BCUT2D eigenvalue weighted by Gasteiger charge is -2.39. The van der Waals surface area contributed by atoms with Crippen molar-refractivity contribution in [3.8, 4) is 0 Å². The number of aliphatic hydroxyl groups is 1. The first kappa shape index (κ1) is 20.7. The zero-order valence-corrected chi connectivity index (χ0v) is 17.1. The molecule has 1 rings (SSSR count). The van der Waals surface area contributed by atoms with Crippen LogP contribution in [0.3, 0.4) is 0 Å². The Morgan fingerprint density at radius 2 is 1.87 bits per heavy atom. The molecule has 0 aliphatic heterocycles. The van der Waals surface area contributed by atoms with Crippen molar-refractivity contribution in [1.29, 1.82) is 0 Å². The Bertz CT molecular complexity index is 388. The van der Waals surface area contributed by atoms with Crippen LogP contribution in [-0.4, -0.2) is 25.6 Å². The van der Waals surface area contributed by atoms with E-state index >= 15 is 0 Å². The van der Waals surface area contributed by atoms with Crippen molar-refractivity contribution in [2.75, 3.05) is 0 Å². The zero-order valence-electron chi connectivity index (χ0n) is 16.1. The first-order valence-corrected chi connectivity index (χ1v) is 12.1. The minimum absolute atomic E-state index is 0.0916. The summed E-state index contributed by atoms with van der Waals surface area (Å²) in [5.74, 6) is 0.845. The van der Waals surface area contributed by atoms with Gasteiger partial charge in [0.2, 0.25) is 0 Å². The quantitative estimate of drug-likeness (QED) is 0.432. The van der Waals surface area contributed by atoms with E-state index in [2.05, 4.69) is 53.7 Å². The van der Waals surface area contributed by atoms with Crippen molar-refractivity contribution in [2.45, 2.75) is 91.1 Å². The van der Waals surface area contributed by atoms with Gasteiger partial charge in [-0.05, 0) is 50.2 Å². The lowest BCUT2D eigenvalue weighted by atomic mass is 9.84. The molecule has 0 saturated carbocycles. The van der Waals surface area contributed by atoms with Gasteiger partial charge >= 0.3 is 0 Å². The van der Waals surface area contributed by atoms with Crippen molar-refractivity contribution >= 4 is 8.32 Å². The molecule has 0 fully saturated rings. The fraction of sp³-hybridized carbons (Fsp3) is 0.800. The molecule has 0 aromatic heterocycles. The van der Waals surface area contributed by atoms with Crippen LogP contribution in [0.4, 0.5) is 0 Å². The molecule has 1 N–H and O–H groups in total. The third-order valence-corrected chi connectivity index (χ3v) is 10.1. The molecule has 0 saturated heterocycles. The van der Waals surface area contributed by atoms with Gasteiger partial charge in [0.1, 0.15) is 0 Å². The van der Waals surface area contributed by atoms with E-state index in [-0.39, 0.29) is 18.1 Å². The van der Waals surface area contributed by atoms with Gasteiger partial charge in [-0.3, -0.25) is 0 Å². The smallest absolute Gasteiger partial charge is 0.192 e. The summed E-state index contributed by atoms with van der Waals surface area (Å²) < 4.78 is 6.73. The Morgan fingerprint density at radius 3 is 2.39 bits per heavy atom. The molecule has 23 heavy (non-hydrogen) atoms. The van der Waals surface area contributed by atoms with Gasteiger partial charge in [-0.1, -0.05) is 58.4 Å². The van der Waals surface area contributed by atoms with E-state index in [9.17, 15) is 5.11 Å². The van der Waals surface area contributed by atoms with Gasteiger partial charge in [-0.2, -0.15) is 0 Å². The van der Waals surface area contributed by atoms with E-state index in [1.807, 2.05) is 6.08 Å². The van der Waals surface area contributed by atoms with E-state index in [1.165, 1.54) is 5.57 Å². The molecule has 2 nitrogen and oxygen atoms in total. The van der Waals surface area contributed by atoms with E-state index in [0.717, 1.165) is 37.4 Å². The number of hydrogen-bond donors (Lipinski definition) is 1. The van der Waals surface area contributed by atoms with Crippen LogP contribution in [0.15, 0.2) is 23.8 Å². The van der Waals surface area contributed by atoms with E-state index in [1.54, 1.807) is 0 Å². The molecule has 3 heteroatoms. The minimum atomic E-state index is -1.65. The second kappa shape index (κ2) is 9.80. The molecule has 0 aromatic carbocycles. The minimum Gasteiger partial charge on any atom is -0.410 e. The van der Waals surface area contributed by atoms with Gasteiger partial charge in [0.05, 0.1) is 12.2 Å². The second-order valence-electron chi connectivity index (χ2n) is 7.59. The summed E-state index contributed by atoms with van der Waals surface area (Å²) in [6.45, 7) is 13.4. The van der Waals surface area contributed by atoms with Gasteiger partial charge in [-0.25, -0.2) is 0 Å². The standard InChI is InChI=1S/C20H38O2Si/c1-7-23(8-2,9-3)22-20-15-17(6)13-14-18(20)19(21)12-10-11-16(4)5/h10,12,15-16,18-21H,7-9,11,13-14H2,1-6H3/b12-10+/t18-,19+,20-/m1/s1. The number of allylic oxidation sites excluding steroid dienone is 2. The van der Waals surface area contributed by atoms with Crippen LogP contribution in [0.25, 0.3) is 0 Å². The van der Waals surface area contributed by atoms with Crippen molar-refractivity contribution in [2.24, 2.45) is 11.8 Å². The average molecular weight is 339 g/mol. The van der Waals surface area contributed by atoms with Crippen molar-refractivity contribution in [1.82, 2.24) is 0 Å². The summed E-state index contributed by atoms with van der Waals surface area (Å²) in [5, 5.41) is 10.7. The maximum atomic E-state index is 10.7. The van der Waals surface area contributed by atoms with Crippen LogP contribution >= 0.6 is 0 Å². The monoisotopic (exact) mass is 338 g/mol. The van der Waals surface area contributed by atoms with E-state index < -0.39 is 8.32 Å². The molecule has 0 aromatic rings. The SMILES string of the molecule is CC[Si](CC)(CC)O[C@@H]1C=C(C)CC[C@@H]1[C@@H](O)/C=C/CC(C)C. The van der Waals surface area contributed by atoms with Crippen molar-refractivity contribution in [3.63, 3.8) is 0 Å². The third kappa shape index (κ3) is 6.20. The second-order valence-corrected chi connectivity index (χ2v) is 12.3. The van der Waals surface area contributed by atoms with E-state index in [4.69, 9.17) is 4.43 Å². The normalized spacial score (nSPS) is 24.3. The predicted molar refractivity (Wildman–Crippen MR) is 103 cm³/mol. The fourth-order valence-corrected chi connectivity index (χ4v) is 6.27. The first-order valence-electron chi connectivity index (χ1n) is 9.57. The number of rotatable bonds is 9. The maximum absolute atomic E-state index is 10.7. The molecule has 0 heterocycles. The zero-order chi connectivity index (χ0) is 17.5. The Labute approximate surface area is 145 Å². The Balaban J connectivity index is 2.86. The highest BCUT2D eigenvalue weighted by atomic mass is 28.4. The van der Waals surface area contributed by atoms with Crippen LogP contribution in [0.5, 0.6) is 0 Å². The molecule has 1 aliphatic carbocycles. The summed E-state index contributed by atoms with van der Waals surface area (Å²) in [4.78, 5) is 0. The topological polar surface area (TPSA) is 29.5 Å². The largest absolute Gasteiger partial charge is 0.410 e. The van der Waals surface area contributed by atoms with Crippen molar-refractivity contribution < 1.29 is 9.53 Å². The first-order chi connectivity index (χ1) is 10.9. The summed E-state index contributed by atoms with van der Waals surface area (Å²) >= 11 is 0. The molecule has 0 amide bonds. The van der Waals surface area contributed by atoms with Crippen LogP contribution < -0.4 is 0 Å². The molecule has 0 radical (unpaired) electrons. The summed E-state index contributed by atoms with van der Waals surface area (Å²) in [5.41, 5.74) is 1.41. The Kier molecular flexibility index (Phi) is 8.81. The highest BCUT2D eigenvalue weighted by Gasteiger charge is 2.37. The predicted octanol–water partition coefficient (Wildman–Crippen LogP) is 5.70. The lowest BCUT2D eigenvalue weighted by Crippen LogP contribution is -2.45. The summed E-state index contributed by atoms with van der Waals surface area (Å²) in [7, 11) is -1.65. The van der Waals surface area contributed by atoms with Gasteiger partial charge in [0.25, 0.3) is 0 Å². The van der Waals surface area contributed by atoms with Crippen LogP contribution in [0, 0.1) is 11.8 Å². The molecule has 0 bridgehead atoms. The Hall–Kier alpha value is -0.383. The maximum Gasteiger partial charge on any atom is 0.192 e. The lowest BCUT2D eigenvalue weighted by molar-refractivity contribution is 0.0586. The highest BCUT2D eigenvalue weighted by molar-refractivity contribution is 6.73. The summed E-state index contributed by atoms with van der Waals surface area (Å²) in [6.07, 6.45) is 9.28. The Morgan fingerprint density at radius 1 is 1.26 bits per heavy atom. The van der Waals surface area contributed by atoms with Gasteiger partial charge in [-0.15, -0.1) is 0 Å². The van der Waals surface area contributed by atoms with Gasteiger partial charge < -0.3 is 9.53 Å². The van der Waals surface area contributed by atoms with Crippen LogP contribution in [0.2, 0.25) is 18.1 Å². The fourth-order valence-electron chi connectivity index (χ4n) is 3.45. The summed E-state index contributed by atoms with van der Waals surface area (Å²) in [6, 6.07) is 3.49. The molecule has 1 aliphatic rings. The van der Waals surface area contributed by atoms with Gasteiger partial charge in [0, 0.05) is 5.92 Å². The highest BCUT2D eigenvalue weighted by Crippen LogP contribution is 2.34. The van der Waals surface area contributed by atoms with Gasteiger partial charge in [0.15, 0.2) is 8.32 Å². The molecule has 3 atom stereocenters. The van der Waals surface area contributed by atoms with E-state index in [0.29, 0.717) is 5.92 Å². The molecular formula is C20H38O2Si. The average Bonchev–Trinajstić information content (AvgIpc) is 2.52. The van der Waals surface area contributed by atoms with Crippen molar-refractivity contribution in [3.05, 3.63) is 23.8 Å². The molecular weight excluding hydrogens is 300 g/mol. The molecule has 0 spiro atoms. The molecule has 0 unspecified atom stereocenters. The van der Waals surface area contributed by atoms with Crippen LogP contribution in [-0.2, 0) is 4.43 Å². The third-order valence-electron chi connectivity index (χ3n) is 5.44. The molecule has 134 valence electrons. The van der Waals surface area contributed by atoms with Crippen LogP contribution in [0.1, 0.15) is 60.8 Å².